The number of nitrogens with one attached hydrogen (secondary N) is 1. The molecule has 3 rings (SSSR count). The molecular formula is C23H25N3O3. The number of carbonyl (C=O) groups excluding carboxylic acids is 2. The lowest BCUT2D eigenvalue weighted by Gasteiger charge is -2.09. The van der Waals surface area contributed by atoms with E-state index in [1.165, 1.54) is 0 Å². The Labute approximate surface area is 170 Å². The topological polar surface area (TPSA) is 73.2 Å². The quantitative estimate of drug-likeness (QED) is 0.598. The van der Waals surface area contributed by atoms with Crippen LogP contribution in [0.15, 0.2) is 54.7 Å². The molecule has 0 bridgehead atoms. The third-order valence-corrected chi connectivity index (χ3v) is 4.80. The molecule has 1 aromatic carbocycles. The predicted octanol–water partition coefficient (Wildman–Crippen LogP) is 3.33. The van der Waals surface area contributed by atoms with Crippen LogP contribution >= 0.6 is 0 Å². The normalized spacial score (nSPS) is 10.7. The lowest BCUT2D eigenvalue weighted by Crippen LogP contribution is -2.18. The lowest BCUT2D eigenvalue weighted by molar-refractivity contribution is -0.115. The summed E-state index contributed by atoms with van der Waals surface area (Å²) in [7, 11) is 3.45. The van der Waals surface area contributed by atoms with Crippen molar-refractivity contribution in [3.63, 3.8) is 0 Å². The fraction of sp³-hybridized carbons (Fsp3) is 0.261. The number of hydrogen-bond acceptors (Lipinski definition) is 4. The second-order valence-electron chi connectivity index (χ2n) is 6.98. The van der Waals surface area contributed by atoms with Crippen LogP contribution in [0.2, 0.25) is 0 Å². The molecule has 150 valence electrons. The highest BCUT2D eigenvalue weighted by atomic mass is 16.5. The van der Waals surface area contributed by atoms with Crippen molar-refractivity contribution in [3.8, 4) is 0 Å². The first-order chi connectivity index (χ1) is 14.0. The Morgan fingerprint density at radius 1 is 1.10 bits per heavy atom. The van der Waals surface area contributed by atoms with Gasteiger partial charge in [0.2, 0.25) is 11.7 Å². The van der Waals surface area contributed by atoms with Crippen molar-refractivity contribution in [3.05, 3.63) is 82.8 Å². The number of rotatable bonds is 8. The van der Waals surface area contributed by atoms with Gasteiger partial charge >= 0.3 is 0 Å². The van der Waals surface area contributed by atoms with Gasteiger partial charge in [0.05, 0.1) is 18.7 Å². The number of pyridine rings is 1. The highest BCUT2D eigenvalue weighted by Gasteiger charge is 2.16. The number of carbonyl (C=O) groups is 2. The lowest BCUT2D eigenvalue weighted by atomic mass is 10.1. The first kappa shape index (κ1) is 20.5. The number of hydrogen-bond donors (Lipinski definition) is 1. The van der Waals surface area contributed by atoms with Gasteiger partial charge in [0.25, 0.3) is 0 Å². The van der Waals surface area contributed by atoms with Crippen molar-refractivity contribution in [1.82, 2.24) is 9.55 Å². The molecule has 0 aliphatic rings. The summed E-state index contributed by atoms with van der Waals surface area (Å²) in [6.07, 6.45) is 2.58. The van der Waals surface area contributed by atoms with Crippen molar-refractivity contribution >= 4 is 17.5 Å². The standard InChI is InChI=1S/C23H25N3O3/c1-16-4-6-18(7-5-16)23(28)20-9-8-19(26(20)2)15-22(27)25-21-14-17(10-12-24-21)11-13-29-3/h4-10,12,14H,11,13,15H2,1-3H3,(H,24,25,27). The third kappa shape index (κ3) is 5.18. The van der Waals surface area contributed by atoms with E-state index >= 15 is 0 Å². The van der Waals surface area contributed by atoms with Gasteiger partial charge in [0, 0.05) is 31.6 Å². The number of ketones is 1. The zero-order valence-corrected chi connectivity index (χ0v) is 16.9. The van der Waals surface area contributed by atoms with Gasteiger partial charge in [0.15, 0.2) is 0 Å². The molecule has 0 unspecified atom stereocenters. The Bertz CT molecular complexity index is 1010. The molecule has 6 heteroatoms. The molecule has 3 aromatic rings. The molecule has 6 nitrogen and oxygen atoms in total. The summed E-state index contributed by atoms with van der Waals surface area (Å²) in [6.45, 7) is 2.59. The molecule has 1 amide bonds. The minimum atomic E-state index is -0.183. The van der Waals surface area contributed by atoms with Gasteiger partial charge in [-0.25, -0.2) is 4.98 Å². The van der Waals surface area contributed by atoms with E-state index in [4.69, 9.17) is 4.74 Å². The smallest absolute Gasteiger partial charge is 0.231 e. The maximum absolute atomic E-state index is 12.8. The number of nitrogens with zero attached hydrogens (tertiary/aromatic N) is 2. The molecule has 0 saturated carbocycles. The van der Waals surface area contributed by atoms with Crippen LogP contribution < -0.4 is 5.32 Å². The Balaban J connectivity index is 1.67. The van der Waals surface area contributed by atoms with Gasteiger partial charge in [0.1, 0.15) is 5.82 Å². The second kappa shape index (κ2) is 9.30. The zero-order chi connectivity index (χ0) is 20.8. The van der Waals surface area contributed by atoms with Gasteiger partial charge in [-0.3, -0.25) is 9.59 Å². The van der Waals surface area contributed by atoms with Crippen molar-refractivity contribution in [1.29, 1.82) is 0 Å². The van der Waals surface area contributed by atoms with Gasteiger partial charge in [-0.1, -0.05) is 29.8 Å². The average Bonchev–Trinajstić information content (AvgIpc) is 3.07. The number of aromatic nitrogens is 2. The summed E-state index contributed by atoms with van der Waals surface area (Å²) in [4.78, 5) is 29.4. The maximum Gasteiger partial charge on any atom is 0.231 e. The Hall–Kier alpha value is -3.25. The summed E-state index contributed by atoms with van der Waals surface area (Å²) in [5.74, 6) is 0.261. The van der Waals surface area contributed by atoms with Crippen LogP contribution in [0, 0.1) is 6.92 Å². The largest absolute Gasteiger partial charge is 0.384 e. The molecular weight excluding hydrogens is 366 g/mol. The van der Waals surface area contributed by atoms with E-state index in [0.29, 0.717) is 23.7 Å². The van der Waals surface area contributed by atoms with Crippen molar-refractivity contribution in [2.75, 3.05) is 19.0 Å². The number of aryl methyl sites for hydroxylation is 1. The van der Waals surface area contributed by atoms with Crippen LogP contribution in [0.4, 0.5) is 5.82 Å². The molecule has 0 atom stereocenters. The third-order valence-electron chi connectivity index (χ3n) is 4.80. The first-order valence-corrected chi connectivity index (χ1v) is 9.47. The van der Waals surface area contributed by atoms with Gasteiger partial charge < -0.3 is 14.6 Å². The maximum atomic E-state index is 12.8. The summed E-state index contributed by atoms with van der Waals surface area (Å²) in [6, 6.07) is 14.8. The van der Waals surface area contributed by atoms with E-state index in [1.54, 1.807) is 31.0 Å². The van der Waals surface area contributed by atoms with Crippen LogP contribution in [0.3, 0.4) is 0 Å². The highest BCUT2D eigenvalue weighted by Crippen LogP contribution is 2.15. The molecule has 29 heavy (non-hydrogen) atoms. The van der Waals surface area contributed by atoms with E-state index in [1.807, 2.05) is 49.4 Å². The zero-order valence-electron chi connectivity index (χ0n) is 16.9. The van der Waals surface area contributed by atoms with Crippen molar-refractivity contribution in [2.45, 2.75) is 19.8 Å². The number of amides is 1. The Morgan fingerprint density at radius 2 is 1.86 bits per heavy atom. The highest BCUT2D eigenvalue weighted by molar-refractivity contribution is 6.08. The van der Waals surface area contributed by atoms with E-state index in [2.05, 4.69) is 10.3 Å². The summed E-state index contributed by atoms with van der Waals surface area (Å²) >= 11 is 0. The Kier molecular flexibility index (Phi) is 6.57. The van der Waals surface area contributed by atoms with Crippen LogP contribution in [0.5, 0.6) is 0 Å². The molecule has 0 aliphatic carbocycles. The van der Waals surface area contributed by atoms with Crippen molar-refractivity contribution in [2.24, 2.45) is 7.05 Å². The molecule has 0 radical (unpaired) electrons. The summed E-state index contributed by atoms with van der Waals surface area (Å²) < 4.78 is 6.85. The van der Waals surface area contributed by atoms with E-state index in [-0.39, 0.29) is 18.1 Å². The van der Waals surface area contributed by atoms with Crippen molar-refractivity contribution < 1.29 is 14.3 Å². The molecule has 2 heterocycles. The van der Waals surface area contributed by atoms with Gasteiger partial charge in [-0.15, -0.1) is 0 Å². The molecule has 1 N–H and O–H groups in total. The molecule has 0 spiro atoms. The van der Waals surface area contributed by atoms with Gasteiger partial charge in [-0.2, -0.15) is 0 Å². The fourth-order valence-electron chi connectivity index (χ4n) is 3.08. The second-order valence-corrected chi connectivity index (χ2v) is 6.98. The molecule has 0 fully saturated rings. The molecule has 2 aromatic heterocycles. The number of ether oxygens (including phenoxy) is 1. The minimum Gasteiger partial charge on any atom is -0.384 e. The average molecular weight is 391 g/mol. The van der Waals surface area contributed by atoms with Crippen LogP contribution in [-0.4, -0.2) is 35.0 Å². The predicted molar refractivity (Wildman–Crippen MR) is 112 cm³/mol. The summed E-state index contributed by atoms with van der Waals surface area (Å²) in [5, 5.41) is 2.82. The Morgan fingerprint density at radius 3 is 2.59 bits per heavy atom. The number of benzene rings is 1. The van der Waals surface area contributed by atoms with Gasteiger partial charge in [-0.05, 0) is 43.2 Å². The molecule has 0 saturated heterocycles. The molecule has 0 aliphatic heterocycles. The number of methoxy groups -OCH3 is 1. The first-order valence-electron chi connectivity index (χ1n) is 9.47. The van der Waals surface area contributed by atoms with E-state index in [9.17, 15) is 9.59 Å². The SMILES string of the molecule is COCCc1ccnc(NC(=O)Cc2ccc(C(=O)c3ccc(C)cc3)n2C)c1. The fourth-order valence-corrected chi connectivity index (χ4v) is 3.08. The van der Waals surface area contributed by atoms with E-state index in [0.717, 1.165) is 23.2 Å². The number of anilines is 1. The summed E-state index contributed by atoms with van der Waals surface area (Å²) in [5.41, 5.74) is 4.09. The van der Waals surface area contributed by atoms with Crippen LogP contribution in [-0.2, 0) is 29.4 Å². The minimum absolute atomic E-state index is 0.0633. The monoisotopic (exact) mass is 391 g/mol. The van der Waals surface area contributed by atoms with Crippen LogP contribution in [0.25, 0.3) is 0 Å². The van der Waals surface area contributed by atoms with E-state index < -0.39 is 0 Å². The van der Waals surface area contributed by atoms with Crippen LogP contribution in [0.1, 0.15) is 32.9 Å².